The van der Waals surface area contributed by atoms with Crippen LogP contribution in [0, 0.1) is 0 Å². The summed E-state index contributed by atoms with van der Waals surface area (Å²) in [5.74, 6) is -0.479. The molecule has 1 amide bonds. The first kappa shape index (κ1) is 18.6. The first-order valence-corrected chi connectivity index (χ1v) is 8.47. The van der Waals surface area contributed by atoms with Gasteiger partial charge in [-0.15, -0.1) is 0 Å². The third-order valence-corrected chi connectivity index (χ3v) is 4.27. The van der Waals surface area contributed by atoms with E-state index in [0.717, 1.165) is 10.8 Å². The number of hydrogen-bond acceptors (Lipinski definition) is 3. The van der Waals surface area contributed by atoms with E-state index in [-0.39, 0.29) is 27.2 Å². The first-order valence-electron chi connectivity index (χ1n) is 6.95. The molecule has 3 rings (SSSR count). The number of aromatic amines is 1. The Balaban J connectivity index is 2.27. The fourth-order valence-corrected chi connectivity index (χ4v) is 3.35. The quantitative estimate of drug-likeness (QED) is 0.609. The van der Waals surface area contributed by atoms with Gasteiger partial charge in [-0.25, -0.2) is 9.36 Å². The summed E-state index contributed by atoms with van der Waals surface area (Å²) in [5, 5.41) is 10.1. The Morgan fingerprint density at radius 3 is 2.35 bits per heavy atom. The SMILES string of the molecule is C=CC(=O)Nc1[nH]n(-c2c(Cl)cc(Cl)cc2Cl)c(=O)c1-n1cc(Cl)cn1. The first-order chi connectivity index (χ1) is 12.3. The van der Waals surface area contributed by atoms with E-state index >= 15 is 0 Å². The number of carbonyl (C=O) groups is 1. The van der Waals surface area contributed by atoms with Crippen molar-refractivity contribution in [2.75, 3.05) is 5.32 Å². The number of anilines is 1. The van der Waals surface area contributed by atoms with Gasteiger partial charge in [0.05, 0.1) is 21.3 Å². The Labute approximate surface area is 166 Å². The van der Waals surface area contributed by atoms with Gasteiger partial charge in [0, 0.05) is 11.2 Å². The largest absolute Gasteiger partial charge is 0.306 e. The predicted molar refractivity (Wildman–Crippen MR) is 102 cm³/mol. The zero-order valence-corrected chi connectivity index (χ0v) is 15.8. The number of hydrogen-bond donors (Lipinski definition) is 2. The monoisotopic (exact) mass is 431 g/mol. The van der Waals surface area contributed by atoms with Gasteiger partial charge in [0.2, 0.25) is 5.91 Å². The predicted octanol–water partition coefficient (Wildman–Crippen LogP) is 4.09. The molecule has 0 unspecified atom stereocenters. The lowest BCUT2D eigenvalue weighted by atomic mass is 10.3. The Bertz CT molecular complexity index is 1060. The second kappa shape index (κ2) is 7.20. The molecule has 2 aromatic heterocycles. The molecular formula is C15H9Cl4N5O2. The Hall–Kier alpha value is -2.19. The molecule has 0 saturated carbocycles. The minimum absolute atomic E-state index is 0.00850. The van der Waals surface area contributed by atoms with E-state index in [1.807, 2.05) is 0 Å². The van der Waals surface area contributed by atoms with Crippen LogP contribution in [-0.4, -0.2) is 25.5 Å². The fraction of sp³-hybridized carbons (Fsp3) is 0. The summed E-state index contributed by atoms with van der Waals surface area (Å²) in [6, 6.07) is 2.87. The lowest BCUT2D eigenvalue weighted by Crippen LogP contribution is -2.19. The summed E-state index contributed by atoms with van der Waals surface area (Å²) in [6.07, 6.45) is 3.81. The number of benzene rings is 1. The maximum absolute atomic E-state index is 13.0. The third kappa shape index (κ3) is 3.39. The molecule has 0 bridgehead atoms. The van der Waals surface area contributed by atoms with E-state index in [2.05, 4.69) is 22.1 Å². The lowest BCUT2D eigenvalue weighted by Gasteiger charge is -2.07. The number of carbonyl (C=O) groups excluding carboxylic acids is 1. The van der Waals surface area contributed by atoms with Crippen molar-refractivity contribution in [2.45, 2.75) is 0 Å². The number of nitrogens with one attached hydrogen (secondary N) is 2. The summed E-state index contributed by atoms with van der Waals surface area (Å²) in [5.41, 5.74) is -0.397. The van der Waals surface area contributed by atoms with Gasteiger partial charge in [-0.3, -0.25) is 14.7 Å². The molecular weight excluding hydrogens is 424 g/mol. The summed E-state index contributed by atoms with van der Waals surface area (Å²) in [4.78, 5) is 24.7. The lowest BCUT2D eigenvalue weighted by molar-refractivity contribution is -0.111. The Morgan fingerprint density at radius 1 is 1.15 bits per heavy atom. The molecule has 2 heterocycles. The van der Waals surface area contributed by atoms with Gasteiger partial charge >= 0.3 is 0 Å². The van der Waals surface area contributed by atoms with Crippen LogP contribution in [0.4, 0.5) is 5.82 Å². The molecule has 3 aromatic rings. The van der Waals surface area contributed by atoms with Crippen molar-refractivity contribution in [3.8, 4) is 11.4 Å². The summed E-state index contributed by atoms with van der Waals surface area (Å²) in [6.45, 7) is 3.38. The molecule has 0 spiro atoms. The fourth-order valence-electron chi connectivity index (χ4n) is 2.23. The zero-order valence-electron chi connectivity index (χ0n) is 12.8. The molecule has 134 valence electrons. The third-order valence-electron chi connectivity index (χ3n) is 3.29. The smallest absolute Gasteiger partial charge is 0.299 e. The molecule has 11 heteroatoms. The molecule has 1 aromatic carbocycles. The summed E-state index contributed by atoms with van der Waals surface area (Å²) >= 11 is 24.2. The van der Waals surface area contributed by atoms with E-state index in [0.29, 0.717) is 10.0 Å². The van der Waals surface area contributed by atoms with Crippen LogP contribution in [0.1, 0.15) is 0 Å². The highest BCUT2D eigenvalue weighted by Crippen LogP contribution is 2.32. The Kier molecular flexibility index (Phi) is 5.15. The molecule has 2 N–H and O–H groups in total. The summed E-state index contributed by atoms with van der Waals surface area (Å²) in [7, 11) is 0. The molecule has 0 saturated heterocycles. The van der Waals surface area contributed by atoms with Crippen LogP contribution in [0.25, 0.3) is 11.4 Å². The highest BCUT2D eigenvalue weighted by molar-refractivity contribution is 6.40. The second-order valence-electron chi connectivity index (χ2n) is 4.99. The maximum atomic E-state index is 13.0. The molecule has 0 atom stereocenters. The van der Waals surface area contributed by atoms with Crippen molar-refractivity contribution in [3.05, 3.63) is 67.6 Å². The second-order valence-corrected chi connectivity index (χ2v) is 6.68. The van der Waals surface area contributed by atoms with Crippen molar-refractivity contribution in [1.82, 2.24) is 19.6 Å². The molecule has 0 radical (unpaired) electrons. The van der Waals surface area contributed by atoms with Crippen molar-refractivity contribution in [2.24, 2.45) is 0 Å². The molecule has 0 fully saturated rings. The van der Waals surface area contributed by atoms with Crippen molar-refractivity contribution >= 4 is 58.1 Å². The van der Waals surface area contributed by atoms with Gasteiger partial charge in [0.1, 0.15) is 5.69 Å². The van der Waals surface area contributed by atoms with Crippen LogP contribution in [-0.2, 0) is 4.79 Å². The van der Waals surface area contributed by atoms with E-state index < -0.39 is 11.5 Å². The van der Waals surface area contributed by atoms with Gasteiger partial charge in [-0.1, -0.05) is 53.0 Å². The van der Waals surface area contributed by atoms with Gasteiger partial charge in [-0.2, -0.15) is 5.10 Å². The van der Waals surface area contributed by atoms with Crippen LogP contribution in [0.2, 0.25) is 20.1 Å². The van der Waals surface area contributed by atoms with Crippen LogP contribution < -0.4 is 10.9 Å². The van der Waals surface area contributed by atoms with Crippen LogP contribution in [0.5, 0.6) is 0 Å². The molecule has 7 nitrogen and oxygen atoms in total. The maximum Gasteiger partial charge on any atom is 0.299 e. The minimum Gasteiger partial charge on any atom is -0.306 e. The average molecular weight is 433 g/mol. The van der Waals surface area contributed by atoms with E-state index in [1.54, 1.807) is 0 Å². The number of aromatic nitrogens is 4. The highest BCUT2D eigenvalue weighted by Gasteiger charge is 2.22. The van der Waals surface area contributed by atoms with Gasteiger partial charge in [-0.05, 0) is 18.2 Å². The van der Waals surface area contributed by atoms with Crippen molar-refractivity contribution in [1.29, 1.82) is 0 Å². The van der Waals surface area contributed by atoms with Crippen molar-refractivity contribution < 1.29 is 4.79 Å². The van der Waals surface area contributed by atoms with Gasteiger partial charge in [0.25, 0.3) is 5.56 Å². The number of H-pyrrole nitrogens is 1. The van der Waals surface area contributed by atoms with Crippen LogP contribution in [0.15, 0.2) is 42.0 Å². The molecule has 0 aliphatic carbocycles. The van der Waals surface area contributed by atoms with Crippen molar-refractivity contribution in [3.63, 3.8) is 0 Å². The Morgan fingerprint density at radius 2 is 1.81 bits per heavy atom. The van der Waals surface area contributed by atoms with Gasteiger partial charge in [0.15, 0.2) is 11.5 Å². The van der Waals surface area contributed by atoms with E-state index in [4.69, 9.17) is 46.4 Å². The van der Waals surface area contributed by atoms with Crippen LogP contribution in [0.3, 0.4) is 0 Å². The molecule has 26 heavy (non-hydrogen) atoms. The zero-order chi connectivity index (χ0) is 19.0. The standard InChI is InChI=1S/C15H9Cl4N5O2/c1-2-11(25)21-14-13(23-6-8(17)5-20-23)15(26)24(22-14)12-9(18)3-7(16)4-10(12)19/h2-6,22H,1H2,(H,21,25). The number of rotatable bonds is 4. The highest BCUT2D eigenvalue weighted by atomic mass is 35.5. The number of halogens is 4. The normalized spacial score (nSPS) is 10.8. The molecule has 0 aliphatic rings. The van der Waals surface area contributed by atoms with E-state index in [9.17, 15) is 9.59 Å². The number of nitrogens with zero attached hydrogens (tertiary/aromatic N) is 3. The summed E-state index contributed by atoms with van der Waals surface area (Å²) < 4.78 is 2.29. The molecule has 0 aliphatic heterocycles. The number of amides is 1. The minimum atomic E-state index is -0.574. The topological polar surface area (TPSA) is 84.7 Å². The van der Waals surface area contributed by atoms with E-state index in [1.165, 1.54) is 29.2 Å². The van der Waals surface area contributed by atoms with Crippen LogP contribution >= 0.6 is 46.4 Å². The van der Waals surface area contributed by atoms with Gasteiger partial charge < -0.3 is 5.32 Å². The average Bonchev–Trinajstić information content (AvgIpc) is 3.10.